The van der Waals surface area contributed by atoms with Gasteiger partial charge in [0.2, 0.25) is 0 Å². The molecule has 1 aliphatic heterocycles. The molecule has 0 bridgehead atoms. The van der Waals surface area contributed by atoms with Crippen LogP contribution in [0.4, 0.5) is 15.8 Å². The van der Waals surface area contributed by atoms with Crippen LogP contribution in [-0.2, 0) is 9.59 Å². The minimum atomic E-state index is -0.458. The van der Waals surface area contributed by atoms with Crippen LogP contribution in [0.15, 0.2) is 65.7 Å². The van der Waals surface area contributed by atoms with Crippen LogP contribution in [0.1, 0.15) is 16.0 Å². The lowest BCUT2D eigenvalue weighted by molar-refractivity contribution is -0.120. The van der Waals surface area contributed by atoms with E-state index in [4.69, 9.17) is 0 Å². The Morgan fingerprint density at radius 3 is 2.36 bits per heavy atom. The zero-order valence-corrected chi connectivity index (χ0v) is 16.1. The van der Waals surface area contributed by atoms with Crippen LogP contribution >= 0.6 is 11.3 Å². The smallest absolute Gasteiger partial charge is 0.282 e. The van der Waals surface area contributed by atoms with Crippen LogP contribution in [0.5, 0.6) is 0 Å². The van der Waals surface area contributed by atoms with Crippen molar-refractivity contribution < 1.29 is 14.0 Å². The highest BCUT2D eigenvalue weighted by atomic mass is 32.1. The van der Waals surface area contributed by atoms with E-state index < -0.39 is 17.6 Å². The van der Waals surface area contributed by atoms with Crippen molar-refractivity contribution >= 4 is 40.1 Å². The number of carbonyl (C=O) groups excluding carboxylic acids is 2. The number of nitrogens with one attached hydrogen (secondary N) is 1. The Labute approximate surface area is 165 Å². The van der Waals surface area contributed by atoms with Crippen LogP contribution in [0.3, 0.4) is 0 Å². The molecule has 0 saturated heterocycles. The monoisotopic (exact) mass is 392 g/mol. The number of imide groups is 1. The third-order valence-corrected chi connectivity index (χ3v) is 5.47. The van der Waals surface area contributed by atoms with Crippen molar-refractivity contribution in [1.29, 1.82) is 0 Å². The Balaban J connectivity index is 1.80. The summed E-state index contributed by atoms with van der Waals surface area (Å²) in [5.41, 5.74) is 3.73. The van der Waals surface area contributed by atoms with E-state index in [0.717, 1.165) is 21.7 Å². The summed E-state index contributed by atoms with van der Waals surface area (Å²) in [6.07, 6.45) is 0. The number of nitrogens with zero attached hydrogens (tertiary/aromatic N) is 1. The Hall–Kier alpha value is -3.25. The highest BCUT2D eigenvalue weighted by Gasteiger charge is 2.40. The number of amides is 2. The fraction of sp³-hybridized carbons (Fsp3) is 0.0909. The van der Waals surface area contributed by atoms with Crippen molar-refractivity contribution in [3.8, 4) is 0 Å². The lowest BCUT2D eigenvalue weighted by atomic mass is 10.1. The predicted octanol–water partition coefficient (Wildman–Crippen LogP) is 4.90. The van der Waals surface area contributed by atoms with Crippen molar-refractivity contribution in [2.45, 2.75) is 13.8 Å². The number of anilines is 2. The van der Waals surface area contributed by atoms with Gasteiger partial charge in [-0.15, -0.1) is 11.3 Å². The zero-order chi connectivity index (χ0) is 19.8. The first-order chi connectivity index (χ1) is 13.5. The number of hydrogen-bond acceptors (Lipinski definition) is 4. The fourth-order valence-corrected chi connectivity index (χ4v) is 3.98. The van der Waals surface area contributed by atoms with Gasteiger partial charge in [0.1, 0.15) is 11.5 Å². The van der Waals surface area contributed by atoms with Crippen molar-refractivity contribution in [3.05, 3.63) is 87.5 Å². The lowest BCUT2D eigenvalue weighted by Crippen LogP contribution is -2.32. The molecule has 4 rings (SSSR count). The summed E-state index contributed by atoms with van der Waals surface area (Å²) in [5.74, 6) is -1.31. The van der Waals surface area contributed by atoms with Gasteiger partial charge in [0.15, 0.2) is 0 Å². The van der Waals surface area contributed by atoms with E-state index in [9.17, 15) is 14.0 Å². The second-order valence-corrected chi connectivity index (χ2v) is 7.54. The fourth-order valence-electron chi connectivity index (χ4n) is 3.21. The molecular weight excluding hydrogens is 375 g/mol. The first-order valence-corrected chi connectivity index (χ1v) is 9.60. The van der Waals surface area contributed by atoms with Crippen LogP contribution < -0.4 is 10.2 Å². The molecule has 140 valence electrons. The van der Waals surface area contributed by atoms with Crippen molar-refractivity contribution in [2.24, 2.45) is 0 Å². The van der Waals surface area contributed by atoms with E-state index in [2.05, 4.69) is 5.32 Å². The molecule has 2 heterocycles. The summed E-state index contributed by atoms with van der Waals surface area (Å²) in [7, 11) is 0. The van der Waals surface area contributed by atoms with Gasteiger partial charge in [0, 0.05) is 10.6 Å². The molecule has 0 fully saturated rings. The van der Waals surface area contributed by atoms with Gasteiger partial charge in [-0.1, -0.05) is 23.8 Å². The number of halogens is 1. The topological polar surface area (TPSA) is 49.4 Å². The maximum absolute atomic E-state index is 13.3. The van der Waals surface area contributed by atoms with Gasteiger partial charge in [-0.2, -0.15) is 0 Å². The van der Waals surface area contributed by atoms with E-state index in [1.54, 1.807) is 0 Å². The minimum absolute atomic E-state index is 0.226. The van der Waals surface area contributed by atoms with Crippen LogP contribution in [0, 0.1) is 19.7 Å². The van der Waals surface area contributed by atoms with Gasteiger partial charge in [-0.05, 0) is 61.2 Å². The molecule has 0 saturated carbocycles. The standard InChI is InChI=1S/C22H17FN2O2S/c1-13-5-10-17(14(2)12-13)24-20-19(18-4-3-11-28-18)21(26)25(22(20)27)16-8-6-15(23)7-9-16/h3-12,24H,1-2H3. The van der Waals surface area contributed by atoms with Gasteiger partial charge in [-0.25, -0.2) is 9.29 Å². The second-order valence-electron chi connectivity index (χ2n) is 6.59. The van der Waals surface area contributed by atoms with Gasteiger partial charge in [0.25, 0.3) is 11.8 Å². The normalized spacial score (nSPS) is 14.2. The van der Waals surface area contributed by atoms with Crippen molar-refractivity contribution in [2.75, 3.05) is 10.2 Å². The van der Waals surface area contributed by atoms with Crippen molar-refractivity contribution in [3.63, 3.8) is 0 Å². The van der Waals surface area contributed by atoms with Gasteiger partial charge in [0.05, 0.1) is 11.3 Å². The van der Waals surface area contributed by atoms with Crippen molar-refractivity contribution in [1.82, 2.24) is 0 Å². The van der Waals surface area contributed by atoms with Crippen LogP contribution in [0.25, 0.3) is 5.57 Å². The summed E-state index contributed by atoms with van der Waals surface area (Å²) in [6, 6.07) is 14.8. The maximum atomic E-state index is 13.3. The lowest BCUT2D eigenvalue weighted by Gasteiger charge is -2.15. The number of rotatable bonds is 4. The summed E-state index contributed by atoms with van der Waals surface area (Å²) in [5, 5.41) is 5.02. The first-order valence-electron chi connectivity index (χ1n) is 8.72. The van der Waals surface area contributed by atoms with Crippen LogP contribution in [-0.4, -0.2) is 11.8 Å². The zero-order valence-electron chi connectivity index (χ0n) is 15.3. The minimum Gasteiger partial charge on any atom is -0.350 e. The molecule has 0 atom stereocenters. The number of aryl methyl sites for hydroxylation is 2. The Morgan fingerprint density at radius 1 is 0.964 bits per heavy atom. The molecule has 6 heteroatoms. The summed E-state index contributed by atoms with van der Waals surface area (Å²) >= 11 is 1.39. The molecule has 1 aliphatic rings. The number of carbonyl (C=O) groups is 2. The van der Waals surface area contributed by atoms with Crippen LogP contribution in [0.2, 0.25) is 0 Å². The molecule has 2 aromatic carbocycles. The van der Waals surface area contributed by atoms with Gasteiger partial charge >= 0.3 is 0 Å². The van der Waals surface area contributed by atoms with E-state index in [0.29, 0.717) is 16.1 Å². The molecular formula is C22H17FN2O2S. The third-order valence-electron chi connectivity index (χ3n) is 4.58. The quantitative estimate of drug-likeness (QED) is 0.643. The Kier molecular flexibility index (Phi) is 4.57. The number of benzene rings is 2. The highest BCUT2D eigenvalue weighted by Crippen LogP contribution is 2.36. The molecule has 3 aromatic rings. The molecule has 0 radical (unpaired) electrons. The molecule has 2 amide bonds. The van der Waals surface area contributed by atoms with E-state index >= 15 is 0 Å². The molecule has 1 N–H and O–H groups in total. The van der Waals surface area contributed by atoms with E-state index in [-0.39, 0.29) is 5.70 Å². The largest absolute Gasteiger partial charge is 0.350 e. The molecule has 0 aliphatic carbocycles. The number of thiophene rings is 1. The summed E-state index contributed by atoms with van der Waals surface area (Å²) in [4.78, 5) is 28.1. The van der Waals surface area contributed by atoms with E-state index in [1.807, 2.05) is 49.6 Å². The molecule has 0 spiro atoms. The molecule has 1 aromatic heterocycles. The molecule has 28 heavy (non-hydrogen) atoms. The highest BCUT2D eigenvalue weighted by molar-refractivity contribution is 7.11. The predicted molar refractivity (Wildman–Crippen MR) is 110 cm³/mol. The van der Waals surface area contributed by atoms with Gasteiger partial charge < -0.3 is 5.32 Å². The SMILES string of the molecule is Cc1ccc(NC2=C(c3cccs3)C(=O)N(c3ccc(F)cc3)C2=O)c(C)c1. The first kappa shape index (κ1) is 18.1. The van der Waals surface area contributed by atoms with E-state index in [1.165, 1.54) is 35.6 Å². The Bertz CT molecular complexity index is 1100. The molecule has 0 unspecified atom stereocenters. The summed E-state index contributed by atoms with van der Waals surface area (Å²) in [6.45, 7) is 3.94. The second kappa shape index (κ2) is 7.05. The average Bonchev–Trinajstić information content (AvgIpc) is 3.26. The Morgan fingerprint density at radius 2 is 1.71 bits per heavy atom. The third kappa shape index (κ3) is 3.12. The van der Waals surface area contributed by atoms with Gasteiger partial charge in [-0.3, -0.25) is 9.59 Å². The summed E-state index contributed by atoms with van der Waals surface area (Å²) < 4.78 is 13.3. The maximum Gasteiger partial charge on any atom is 0.282 e. The number of hydrogen-bond donors (Lipinski definition) is 1. The molecule has 4 nitrogen and oxygen atoms in total. The average molecular weight is 392 g/mol.